The van der Waals surface area contributed by atoms with E-state index >= 15 is 0 Å². The molecule has 0 saturated heterocycles. The summed E-state index contributed by atoms with van der Waals surface area (Å²) in [5, 5.41) is 7.12. The van der Waals surface area contributed by atoms with E-state index in [4.69, 9.17) is 20.9 Å². The fourth-order valence-corrected chi connectivity index (χ4v) is 3.50. The third-order valence-corrected chi connectivity index (χ3v) is 4.98. The minimum Gasteiger partial charge on any atom is -0.441 e. The number of nitrogens with zero attached hydrogens (tertiary/aromatic N) is 1. The quantitative estimate of drug-likeness (QED) is 0.548. The van der Waals surface area contributed by atoms with Crippen LogP contribution in [0.2, 0.25) is 5.02 Å². The molecule has 1 unspecified atom stereocenters. The van der Waals surface area contributed by atoms with Crippen molar-refractivity contribution in [3.05, 3.63) is 64.8 Å². The van der Waals surface area contributed by atoms with Crippen molar-refractivity contribution in [1.82, 2.24) is 5.16 Å². The predicted octanol–water partition coefficient (Wildman–Crippen LogP) is 4.98. The molecule has 0 aliphatic carbocycles. The van der Waals surface area contributed by atoms with Crippen LogP contribution in [-0.4, -0.2) is 25.9 Å². The van der Waals surface area contributed by atoms with Gasteiger partial charge in [-0.2, -0.15) is 0 Å². The van der Waals surface area contributed by atoms with E-state index in [0.29, 0.717) is 33.4 Å². The molecule has 158 valence electrons. The number of sulfonamides is 1. The molecule has 0 saturated carbocycles. The first kappa shape index (κ1) is 21.7. The summed E-state index contributed by atoms with van der Waals surface area (Å²) >= 11 is 5.98. The van der Waals surface area contributed by atoms with Gasteiger partial charge in [0.25, 0.3) is 0 Å². The van der Waals surface area contributed by atoms with E-state index < -0.39 is 22.2 Å². The first-order chi connectivity index (χ1) is 14.1. The van der Waals surface area contributed by atoms with Crippen LogP contribution in [-0.2, 0) is 14.8 Å². The zero-order valence-corrected chi connectivity index (χ0v) is 18.0. The maximum atomic E-state index is 12.4. The lowest BCUT2D eigenvalue weighted by Gasteiger charge is -2.14. The van der Waals surface area contributed by atoms with Crippen molar-refractivity contribution in [2.75, 3.05) is 16.3 Å². The molecule has 8 nitrogen and oxygen atoms in total. The van der Waals surface area contributed by atoms with Crippen molar-refractivity contribution in [3.63, 3.8) is 0 Å². The lowest BCUT2D eigenvalue weighted by atomic mass is 10.1. The largest absolute Gasteiger partial charge is 0.441 e. The SMILES string of the molecule is Cc1noc(-c2ccc(NS(C)(=O)=O)cc2)c1NC(=O)OC(C)c1cccc(Cl)c1. The lowest BCUT2D eigenvalue weighted by molar-refractivity contribution is 0.121. The second kappa shape index (κ2) is 8.76. The molecule has 0 aliphatic heterocycles. The Kier molecular flexibility index (Phi) is 6.33. The van der Waals surface area contributed by atoms with Crippen molar-refractivity contribution in [3.8, 4) is 11.3 Å². The van der Waals surface area contributed by atoms with Crippen LogP contribution in [0.1, 0.15) is 24.3 Å². The van der Waals surface area contributed by atoms with Crippen LogP contribution in [0.25, 0.3) is 11.3 Å². The number of benzene rings is 2. The maximum absolute atomic E-state index is 12.4. The van der Waals surface area contributed by atoms with E-state index in [0.717, 1.165) is 11.8 Å². The molecule has 3 rings (SSSR count). The third kappa shape index (κ3) is 5.52. The monoisotopic (exact) mass is 449 g/mol. The zero-order chi connectivity index (χ0) is 21.9. The van der Waals surface area contributed by atoms with Gasteiger partial charge in [-0.15, -0.1) is 0 Å². The maximum Gasteiger partial charge on any atom is 0.412 e. The summed E-state index contributed by atoms with van der Waals surface area (Å²) in [5.41, 5.74) is 2.60. The van der Waals surface area contributed by atoms with Gasteiger partial charge in [0.2, 0.25) is 10.0 Å². The normalized spacial score (nSPS) is 12.3. The van der Waals surface area contributed by atoms with E-state index in [-0.39, 0.29) is 0 Å². The third-order valence-electron chi connectivity index (χ3n) is 4.14. The van der Waals surface area contributed by atoms with Gasteiger partial charge < -0.3 is 9.26 Å². The highest BCUT2D eigenvalue weighted by molar-refractivity contribution is 7.92. The Morgan fingerprint density at radius 3 is 2.53 bits per heavy atom. The molecule has 0 spiro atoms. The number of anilines is 2. The summed E-state index contributed by atoms with van der Waals surface area (Å²) in [5.74, 6) is 0.325. The molecule has 2 aromatic carbocycles. The summed E-state index contributed by atoms with van der Waals surface area (Å²) in [6.07, 6.45) is -0.127. The second-order valence-electron chi connectivity index (χ2n) is 6.65. The summed E-state index contributed by atoms with van der Waals surface area (Å²) in [6.45, 7) is 3.42. The lowest BCUT2D eigenvalue weighted by Crippen LogP contribution is -2.16. The van der Waals surface area contributed by atoms with Crippen LogP contribution in [0.15, 0.2) is 53.1 Å². The average Bonchev–Trinajstić information content (AvgIpc) is 3.01. The number of aromatic nitrogens is 1. The molecule has 0 aliphatic rings. The van der Waals surface area contributed by atoms with Gasteiger partial charge in [0.05, 0.1) is 6.26 Å². The highest BCUT2D eigenvalue weighted by Crippen LogP contribution is 2.32. The molecular formula is C20H20ClN3O5S. The molecular weight excluding hydrogens is 430 g/mol. The molecule has 1 heterocycles. The molecule has 10 heteroatoms. The highest BCUT2D eigenvalue weighted by atomic mass is 35.5. The summed E-state index contributed by atoms with van der Waals surface area (Å²) in [4.78, 5) is 12.4. The van der Waals surface area contributed by atoms with E-state index in [1.54, 1.807) is 56.3 Å². The van der Waals surface area contributed by atoms with Crippen LogP contribution in [0.5, 0.6) is 0 Å². The standard InChI is InChI=1S/C20H20ClN3O5S/c1-12-18(22-20(25)28-13(2)15-5-4-6-16(21)11-15)19(29-23-12)14-7-9-17(10-8-14)24-30(3,26)27/h4-11,13,24H,1-3H3,(H,22,25). The smallest absolute Gasteiger partial charge is 0.412 e. The number of nitrogens with one attached hydrogen (secondary N) is 2. The number of aryl methyl sites for hydroxylation is 1. The van der Waals surface area contributed by atoms with E-state index in [2.05, 4.69) is 15.2 Å². The summed E-state index contributed by atoms with van der Waals surface area (Å²) in [7, 11) is -3.38. The summed E-state index contributed by atoms with van der Waals surface area (Å²) < 4.78 is 35.8. The Labute approximate surface area is 179 Å². The topological polar surface area (TPSA) is 111 Å². The van der Waals surface area contributed by atoms with E-state index in [1.807, 2.05) is 6.07 Å². The van der Waals surface area contributed by atoms with Gasteiger partial charge in [-0.3, -0.25) is 10.0 Å². The number of ether oxygens (including phenoxy) is 1. The van der Waals surface area contributed by atoms with E-state index in [1.165, 1.54) is 0 Å². The minimum absolute atomic E-state index is 0.325. The number of hydrogen-bond donors (Lipinski definition) is 2. The highest BCUT2D eigenvalue weighted by Gasteiger charge is 2.20. The first-order valence-corrected chi connectivity index (χ1v) is 11.2. The van der Waals surface area contributed by atoms with Gasteiger partial charge in [0.1, 0.15) is 17.5 Å². The van der Waals surface area contributed by atoms with Gasteiger partial charge in [0, 0.05) is 16.3 Å². The number of hydrogen-bond acceptors (Lipinski definition) is 6. The molecule has 0 bridgehead atoms. The van der Waals surface area contributed by atoms with Gasteiger partial charge >= 0.3 is 6.09 Å². The van der Waals surface area contributed by atoms with Gasteiger partial charge in [-0.1, -0.05) is 28.9 Å². The molecule has 1 aromatic heterocycles. The second-order valence-corrected chi connectivity index (χ2v) is 8.84. The number of amides is 1. The predicted molar refractivity (Wildman–Crippen MR) is 115 cm³/mol. The van der Waals surface area contributed by atoms with Crippen LogP contribution < -0.4 is 10.0 Å². The van der Waals surface area contributed by atoms with Gasteiger partial charge in [-0.05, 0) is 55.8 Å². The fraction of sp³-hybridized carbons (Fsp3) is 0.200. The summed E-state index contributed by atoms with van der Waals surface area (Å²) in [6, 6.07) is 13.5. The molecule has 2 N–H and O–H groups in total. The average molecular weight is 450 g/mol. The van der Waals surface area contributed by atoms with Gasteiger partial charge in [0.15, 0.2) is 5.76 Å². The minimum atomic E-state index is -3.38. The van der Waals surface area contributed by atoms with Crippen LogP contribution in [0.4, 0.5) is 16.2 Å². The molecule has 1 amide bonds. The molecule has 0 fully saturated rings. The number of rotatable bonds is 6. The van der Waals surface area contributed by atoms with Crippen molar-refractivity contribution in [2.45, 2.75) is 20.0 Å². The Balaban J connectivity index is 1.75. The van der Waals surface area contributed by atoms with Crippen molar-refractivity contribution < 1.29 is 22.5 Å². The fourth-order valence-electron chi connectivity index (χ4n) is 2.74. The van der Waals surface area contributed by atoms with Crippen molar-refractivity contribution in [1.29, 1.82) is 0 Å². The Bertz CT molecular complexity index is 1160. The number of halogens is 1. The van der Waals surface area contributed by atoms with Crippen molar-refractivity contribution >= 4 is 39.1 Å². The van der Waals surface area contributed by atoms with Gasteiger partial charge in [-0.25, -0.2) is 13.2 Å². The Hall–Kier alpha value is -3.04. The number of carbonyl (C=O) groups excluding carboxylic acids is 1. The number of carbonyl (C=O) groups is 1. The molecule has 0 radical (unpaired) electrons. The Morgan fingerprint density at radius 2 is 1.90 bits per heavy atom. The molecule has 3 aromatic rings. The van der Waals surface area contributed by atoms with Crippen LogP contribution in [0.3, 0.4) is 0 Å². The zero-order valence-electron chi connectivity index (χ0n) is 16.5. The van der Waals surface area contributed by atoms with Crippen molar-refractivity contribution in [2.24, 2.45) is 0 Å². The van der Waals surface area contributed by atoms with E-state index in [9.17, 15) is 13.2 Å². The Morgan fingerprint density at radius 1 is 1.20 bits per heavy atom. The molecule has 1 atom stereocenters. The molecule has 30 heavy (non-hydrogen) atoms. The van der Waals surface area contributed by atoms with Crippen LogP contribution >= 0.6 is 11.6 Å². The van der Waals surface area contributed by atoms with Crippen LogP contribution in [0, 0.1) is 6.92 Å². The first-order valence-electron chi connectivity index (χ1n) is 8.90.